The molecule has 3 aromatic carbocycles. The summed E-state index contributed by atoms with van der Waals surface area (Å²) in [6.07, 6.45) is 4.78. The Morgan fingerprint density at radius 2 is 1.80 bits per heavy atom. The molecule has 1 unspecified atom stereocenters. The first-order chi connectivity index (χ1) is 19.5. The van der Waals surface area contributed by atoms with Crippen LogP contribution in [-0.4, -0.2) is 62.7 Å². The second-order valence-corrected chi connectivity index (χ2v) is 10.8. The number of benzene rings is 3. The molecule has 1 aromatic heterocycles. The maximum atomic E-state index is 13.4. The van der Waals surface area contributed by atoms with E-state index in [0.717, 1.165) is 35.8 Å². The molecule has 1 fully saturated rings. The molecule has 5 rings (SSSR count). The lowest BCUT2D eigenvalue weighted by atomic mass is 10.0. The standard InChI is InChI=1S/C29H28ClN7O2S/c30-23-7-12-27(37-20-31-34-35-37)22(19-23)6-13-28(38)33-26(18-21-4-2-1-3-5-21)29(39)32-24-8-10-25(11-9-24)36-14-16-40-17-15-36/h1-13,19-20,26H,14-18H2,(H,32,39)(H,33,38)/b13-6+. The van der Waals surface area contributed by atoms with Crippen molar-refractivity contribution in [2.75, 3.05) is 34.8 Å². The molecular formula is C29H28ClN7O2S. The van der Waals surface area contributed by atoms with Gasteiger partial charge in [0.15, 0.2) is 0 Å². The van der Waals surface area contributed by atoms with Crippen molar-refractivity contribution in [3.63, 3.8) is 0 Å². The van der Waals surface area contributed by atoms with Crippen molar-refractivity contribution in [2.24, 2.45) is 0 Å². The molecule has 204 valence electrons. The molecular weight excluding hydrogens is 546 g/mol. The number of amides is 2. The lowest BCUT2D eigenvalue weighted by molar-refractivity contribution is -0.123. The second-order valence-electron chi connectivity index (χ2n) is 9.18. The van der Waals surface area contributed by atoms with Crippen molar-refractivity contribution in [1.82, 2.24) is 25.5 Å². The average molecular weight is 574 g/mol. The molecule has 1 saturated heterocycles. The number of nitrogens with one attached hydrogen (secondary N) is 2. The Hall–Kier alpha value is -4.15. The number of anilines is 2. The summed E-state index contributed by atoms with van der Waals surface area (Å²) in [5.74, 6) is 1.51. The normalized spacial score (nSPS) is 14.2. The number of hydrogen-bond donors (Lipinski definition) is 2. The molecule has 0 aliphatic carbocycles. The van der Waals surface area contributed by atoms with Crippen LogP contribution >= 0.6 is 23.4 Å². The number of rotatable bonds is 9. The summed E-state index contributed by atoms with van der Waals surface area (Å²) in [6.45, 7) is 2.03. The van der Waals surface area contributed by atoms with Gasteiger partial charge in [-0.15, -0.1) is 5.10 Å². The van der Waals surface area contributed by atoms with Crippen molar-refractivity contribution in [2.45, 2.75) is 12.5 Å². The molecule has 0 bridgehead atoms. The largest absolute Gasteiger partial charge is 0.370 e. The second kappa shape index (κ2) is 13.3. The topological polar surface area (TPSA) is 105 Å². The van der Waals surface area contributed by atoms with Crippen LogP contribution in [0.15, 0.2) is 85.2 Å². The van der Waals surface area contributed by atoms with Crippen LogP contribution in [0.3, 0.4) is 0 Å². The molecule has 9 nitrogen and oxygen atoms in total. The fraction of sp³-hybridized carbons (Fsp3) is 0.207. The van der Waals surface area contributed by atoms with Crippen LogP contribution in [0.1, 0.15) is 11.1 Å². The zero-order valence-corrected chi connectivity index (χ0v) is 23.2. The zero-order chi connectivity index (χ0) is 27.7. The van der Waals surface area contributed by atoms with Crippen LogP contribution < -0.4 is 15.5 Å². The van der Waals surface area contributed by atoms with E-state index in [1.54, 1.807) is 24.3 Å². The van der Waals surface area contributed by atoms with Crippen molar-refractivity contribution in [3.8, 4) is 5.69 Å². The highest BCUT2D eigenvalue weighted by atomic mass is 35.5. The highest BCUT2D eigenvalue weighted by molar-refractivity contribution is 7.99. The Kier molecular flexibility index (Phi) is 9.10. The monoisotopic (exact) mass is 573 g/mol. The van der Waals surface area contributed by atoms with E-state index in [1.165, 1.54) is 17.1 Å². The molecule has 1 atom stereocenters. The molecule has 4 aromatic rings. The van der Waals surface area contributed by atoms with Gasteiger partial charge in [0.05, 0.1) is 5.69 Å². The van der Waals surface area contributed by atoms with Gasteiger partial charge >= 0.3 is 0 Å². The van der Waals surface area contributed by atoms with Crippen LogP contribution in [0.25, 0.3) is 11.8 Å². The molecule has 40 heavy (non-hydrogen) atoms. The van der Waals surface area contributed by atoms with E-state index in [0.29, 0.717) is 28.4 Å². The van der Waals surface area contributed by atoms with E-state index in [1.807, 2.05) is 66.4 Å². The van der Waals surface area contributed by atoms with E-state index in [4.69, 9.17) is 11.6 Å². The molecule has 1 aliphatic heterocycles. The van der Waals surface area contributed by atoms with Crippen molar-refractivity contribution in [3.05, 3.63) is 101 Å². The summed E-state index contributed by atoms with van der Waals surface area (Å²) < 4.78 is 1.48. The van der Waals surface area contributed by atoms with Gasteiger partial charge in [-0.2, -0.15) is 16.4 Å². The quantitative estimate of drug-likeness (QED) is 0.288. The maximum Gasteiger partial charge on any atom is 0.247 e. The average Bonchev–Trinajstić information content (AvgIpc) is 3.52. The molecule has 0 radical (unpaired) electrons. The van der Waals surface area contributed by atoms with E-state index >= 15 is 0 Å². The fourth-order valence-electron chi connectivity index (χ4n) is 4.39. The first kappa shape index (κ1) is 27.4. The number of nitrogens with zero attached hydrogens (tertiary/aromatic N) is 5. The summed E-state index contributed by atoms with van der Waals surface area (Å²) in [7, 11) is 0. The number of hydrogen-bond acceptors (Lipinski definition) is 7. The van der Waals surface area contributed by atoms with E-state index < -0.39 is 11.9 Å². The SMILES string of the molecule is O=C(/C=C/c1cc(Cl)ccc1-n1cnnn1)NC(Cc1ccccc1)C(=O)Nc1ccc(N2CCSCC2)cc1. The van der Waals surface area contributed by atoms with Crippen LogP contribution in [-0.2, 0) is 16.0 Å². The summed E-state index contributed by atoms with van der Waals surface area (Å²) in [5, 5.41) is 17.6. The van der Waals surface area contributed by atoms with Gasteiger partial charge in [0.2, 0.25) is 11.8 Å². The van der Waals surface area contributed by atoms with Crippen molar-refractivity contribution in [1.29, 1.82) is 0 Å². The maximum absolute atomic E-state index is 13.4. The molecule has 2 N–H and O–H groups in total. The Labute approximate surface area is 241 Å². The van der Waals surface area contributed by atoms with Crippen LogP contribution in [0.2, 0.25) is 5.02 Å². The van der Waals surface area contributed by atoms with Crippen LogP contribution in [0.4, 0.5) is 11.4 Å². The number of tetrazole rings is 1. The lowest BCUT2D eigenvalue weighted by Gasteiger charge is -2.28. The van der Waals surface area contributed by atoms with Crippen molar-refractivity contribution >= 4 is 52.6 Å². The predicted molar refractivity (Wildman–Crippen MR) is 160 cm³/mol. The van der Waals surface area contributed by atoms with Gasteiger partial charge in [0.25, 0.3) is 0 Å². The highest BCUT2D eigenvalue weighted by Crippen LogP contribution is 2.22. The van der Waals surface area contributed by atoms with Gasteiger partial charge < -0.3 is 15.5 Å². The van der Waals surface area contributed by atoms with Gasteiger partial charge in [-0.05, 0) is 64.5 Å². The summed E-state index contributed by atoms with van der Waals surface area (Å²) in [5.41, 5.74) is 4.05. The zero-order valence-electron chi connectivity index (χ0n) is 21.6. The van der Waals surface area contributed by atoms with E-state index in [-0.39, 0.29) is 5.91 Å². The first-order valence-corrected chi connectivity index (χ1v) is 14.4. The number of carbonyl (C=O) groups excluding carboxylic acids is 2. The Bertz CT molecular complexity index is 1460. The molecule has 2 heterocycles. The van der Waals surface area contributed by atoms with Gasteiger partial charge in [-0.25, -0.2) is 0 Å². The lowest BCUT2D eigenvalue weighted by Crippen LogP contribution is -2.44. The van der Waals surface area contributed by atoms with Crippen LogP contribution in [0, 0.1) is 0 Å². The highest BCUT2D eigenvalue weighted by Gasteiger charge is 2.21. The van der Waals surface area contributed by atoms with Gasteiger partial charge in [-0.3, -0.25) is 9.59 Å². The summed E-state index contributed by atoms with van der Waals surface area (Å²) in [4.78, 5) is 28.7. The third-order valence-electron chi connectivity index (χ3n) is 6.43. The first-order valence-electron chi connectivity index (χ1n) is 12.8. The number of carbonyl (C=O) groups is 2. The molecule has 1 aliphatic rings. The molecule has 2 amide bonds. The molecule has 0 spiro atoms. The minimum Gasteiger partial charge on any atom is -0.370 e. The minimum absolute atomic E-state index is 0.301. The predicted octanol–water partition coefficient (Wildman–Crippen LogP) is 4.25. The smallest absolute Gasteiger partial charge is 0.247 e. The van der Waals surface area contributed by atoms with Crippen molar-refractivity contribution < 1.29 is 9.59 Å². The van der Waals surface area contributed by atoms with Gasteiger partial charge in [0.1, 0.15) is 12.4 Å². The molecule has 11 heteroatoms. The van der Waals surface area contributed by atoms with Gasteiger partial charge in [0, 0.05) is 59.1 Å². The van der Waals surface area contributed by atoms with E-state index in [2.05, 4.69) is 31.1 Å². The third-order valence-corrected chi connectivity index (χ3v) is 7.60. The summed E-state index contributed by atoms with van der Waals surface area (Å²) >= 11 is 8.15. The van der Waals surface area contributed by atoms with E-state index in [9.17, 15) is 9.59 Å². The number of thioether (sulfide) groups is 1. The Balaban J connectivity index is 1.29. The minimum atomic E-state index is -0.795. The number of halogens is 1. The third kappa shape index (κ3) is 7.28. The number of aromatic nitrogens is 4. The summed E-state index contributed by atoms with van der Waals surface area (Å²) in [6, 6.07) is 21.8. The molecule has 0 saturated carbocycles. The fourth-order valence-corrected chi connectivity index (χ4v) is 5.47. The Morgan fingerprint density at radius 1 is 1.02 bits per heavy atom. The van der Waals surface area contributed by atoms with Crippen LogP contribution in [0.5, 0.6) is 0 Å². The van der Waals surface area contributed by atoms with Gasteiger partial charge in [-0.1, -0.05) is 41.9 Å². The Morgan fingerprint density at radius 3 is 2.52 bits per heavy atom.